The van der Waals surface area contributed by atoms with E-state index >= 15 is 0 Å². The van der Waals surface area contributed by atoms with Gasteiger partial charge in [0.1, 0.15) is 17.1 Å². The molecule has 128 valence electrons. The maximum atomic E-state index is 12.9. The summed E-state index contributed by atoms with van der Waals surface area (Å²) in [6.45, 7) is 2.01. The molecule has 8 heteroatoms. The molecule has 0 aromatic carbocycles. The first kappa shape index (κ1) is 17.7. The molecule has 5 nitrogen and oxygen atoms in total. The quantitative estimate of drug-likeness (QED) is 0.801. The Kier molecular flexibility index (Phi) is 5.06. The summed E-state index contributed by atoms with van der Waals surface area (Å²) in [5, 5.41) is 0. The summed E-state index contributed by atoms with van der Waals surface area (Å²) in [7, 11) is 2.70. The summed E-state index contributed by atoms with van der Waals surface area (Å²) in [5.41, 5.74) is 0.313. The number of pyridine rings is 2. The van der Waals surface area contributed by atoms with Crippen molar-refractivity contribution < 1.29 is 22.7 Å². The van der Waals surface area contributed by atoms with E-state index in [9.17, 15) is 18.0 Å². The van der Waals surface area contributed by atoms with E-state index in [0.717, 1.165) is 24.9 Å². The third-order valence-electron chi connectivity index (χ3n) is 3.28. The number of alkyl halides is 3. The molecule has 0 aliphatic rings. The molecule has 0 saturated carbocycles. The molecule has 0 radical (unpaired) electrons. The molecule has 0 fully saturated rings. The predicted octanol–water partition coefficient (Wildman–Crippen LogP) is 3.23. The number of aromatic nitrogens is 2. The fourth-order valence-corrected chi connectivity index (χ4v) is 2.17. The number of anilines is 1. The minimum Gasteiger partial charge on any atom is -0.465 e. The van der Waals surface area contributed by atoms with Crippen LogP contribution in [0, 0.1) is 6.92 Å². The Morgan fingerprint density at radius 2 is 1.92 bits per heavy atom. The topological polar surface area (TPSA) is 55.3 Å². The van der Waals surface area contributed by atoms with Gasteiger partial charge in [-0.25, -0.2) is 9.78 Å². The van der Waals surface area contributed by atoms with E-state index in [1.165, 1.54) is 4.90 Å². The summed E-state index contributed by atoms with van der Waals surface area (Å²) in [4.78, 5) is 21.2. The number of halogens is 3. The molecule has 2 aromatic heterocycles. The standard InChI is InChI=1S/C16H16F3N3O2/c1-10-5-4-6-11(20-10)9-22(2)14-12(15(23)24-3)7-8-13(21-14)16(17,18)19/h4-8H,9H2,1-3H3. The average molecular weight is 339 g/mol. The molecule has 0 aliphatic heterocycles. The van der Waals surface area contributed by atoms with Gasteiger partial charge in [0.15, 0.2) is 0 Å². The molecule has 0 saturated heterocycles. The van der Waals surface area contributed by atoms with E-state index < -0.39 is 17.8 Å². The minimum absolute atomic E-state index is 0.0411. The average Bonchev–Trinajstić information content (AvgIpc) is 2.52. The lowest BCUT2D eigenvalue weighted by molar-refractivity contribution is -0.141. The van der Waals surface area contributed by atoms with Gasteiger partial charge < -0.3 is 9.64 Å². The van der Waals surface area contributed by atoms with Gasteiger partial charge in [0.2, 0.25) is 0 Å². The molecule has 2 rings (SSSR count). The number of nitrogens with zero attached hydrogens (tertiary/aromatic N) is 3. The van der Waals surface area contributed by atoms with E-state index in [2.05, 4.69) is 14.7 Å². The molecule has 2 aromatic rings. The van der Waals surface area contributed by atoms with E-state index in [1.807, 2.05) is 13.0 Å². The lowest BCUT2D eigenvalue weighted by Crippen LogP contribution is -2.23. The normalized spacial score (nSPS) is 11.2. The Hall–Kier alpha value is -2.64. The Morgan fingerprint density at radius 1 is 1.21 bits per heavy atom. The molecular formula is C16H16F3N3O2. The molecule has 0 unspecified atom stereocenters. The number of carbonyl (C=O) groups is 1. The van der Waals surface area contributed by atoms with Crippen LogP contribution >= 0.6 is 0 Å². The van der Waals surface area contributed by atoms with Gasteiger partial charge in [0, 0.05) is 12.7 Å². The van der Waals surface area contributed by atoms with Crippen molar-refractivity contribution in [1.29, 1.82) is 0 Å². The van der Waals surface area contributed by atoms with Gasteiger partial charge in [-0.2, -0.15) is 13.2 Å². The second-order valence-electron chi connectivity index (χ2n) is 5.18. The third-order valence-corrected chi connectivity index (χ3v) is 3.28. The number of methoxy groups -OCH3 is 1. The van der Waals surface area contributed by atoms with Crippen LogP contribution in [0.2, 0.25) is 0 Å². The van der Waals surface area contributed by atoms with Crippen LogP contribution in [0.1, 0.15) is 27.4 Å². The largest absolute Gasteiger partial charge is 0.465 e. The molecule has 2 heterocycles. The highest BCUT2D eigenvalue weighted by Crippen LogP contribution is 2.31. The molecule has 24 heavy (non-hydrogen) atoms. The fraction of sp³-hybridized carbons (Fsp3) is 0.312. The maximum absolute atomic E-state index is 12.9. The van der Waals surface area contributed by atoms with Crippen molar-refractivity contribution in [3.8, 4) is 0 Å². The second-order valence-corrected chi connectivity index (χ2v) is 5.18. The SMILES string of the molecule is COC(=O)c1ccc(C(F)(F)F)nc1N(C)Cc1cccc(C)n1. The molecule has 0 aliphatic carbocycles. The minimum atomic E-state index is -4.61. The van der Waals surface area contributed by atoms with Crippen LogP contribution in [0.3, 0.4) is 0 Å². The molecule has 0 spiro atoms. The zero-order valence-electron chi connectivity index (χ0n) is 13.4. The van der Waals surface area contributed by atoms with Gasteiger partial charge >= 0.3 is 12.1 Å². The first-order valence-electron chi connectivity index (χ1n) is 7.02. The van der Waals surface area contributed by atoms with Crippen LogP contribution in [-0.2, 0) is 17.5 Å². The van der Waals surface area contributed by atoms with Gasteiger partial charge in [0.05, 0.1) is 19.3 Å². The third kappa shape index (κ3) is 4.01. The highest BCUT2D eigenvalue weighted by molar-refractivity contribution is 5.94. The highest BCUT2D eigenvalue weighted by atomic mass is 19.4. The van der Waals surface area contributed by atoms with Gasteiger partial charge in [-0.05, 0) is 31.2 Å². The Balaban J connectivity index is 2.42. The number of aryl methyl sites for hydroxylation is 1. The number of esters is 1. The number of hydrogen-bond acceptors (Lipinski definition) is 5. The summed E-state index contributed by atoms with van der Waals surface area (Å²) in [6.07, 6.45) is -4.61. The zero-order valence-corrected chi connectivity index (χ0v) is 13.4. The predicted molar refractivity (Wildman–Crippen MR) is 81.7 cm³/mol. The highest BCUT2D eigenvalue weighted by Gasteiger charge is 2.34. The Labute approximate surface area is 137 Å². The van der Waals surface area contributed by atoms with Crippen molar-refractivity contribution in [2.24, 2.45) is 0 Å². The van der Waals surface area contributed by atoms with E-state index in [0.29, 0.717) is 5.69 Å². The van der Waals surface area contributed by atoms with Crippen LogP contribution < -0.4 is 4.90 Å². The Morgan fingerprint density at radius 3 is 2.50 bits per heavy atom. The summed E-state index contributed by atoms with van der Waals surface area (Å²) < 4.78 is 43.4. The number of carbonyl (C=O) groups excluding carboxylic acids is 1. The van der Waals surface area contributed by atoms with Crippen molar-refractivity contribution in [2.45, 2.75) is 19.6 Å². The van der Waals surface area contributed by atoms with Gasteiger partial charge in [-0.1, -0.05) is 6.07 Å². The molecule has 0 amide bonds. The van der Waals surface area contributed by atoms with Crippen molar-refractivity contribution in [3.63, 3.8) is 0 Å². The van der Waals surface area contributed by atoms with Crippen LogP contribution in [0.15, 0.2) is 30.3 Å². The fourth-order valence-electron chi connectivity index (χ4n) is 2.17. The Bertz CT molecular complexity index is 748. The van der Waals surface area contributed by atoms with Crippen LogP contribution in [0.4, 0.5) is 19.0 Å². The number of rotatable bonds is 4. The zero-order chi connectivity index (χ0) is 17.9. The number of hydrogen-bond donors (Lipinski definition) is 0. The first-order valence-corrected chi connectivity index (χ1v) is 7.02. The first-order chi connectivity index (χ1) is 11.2. The number of ether oxygens (including phenoxy) is 1. The van der Waals surface area contributed by atoms with Gasteiger partial charge in [-0.3, -0.25) is 4.98 Å². The maximum Gasteiger partial charge on any atom is 0.433 e. The second kappa shape index (κ2) is 6.86. The molecule has 0 N–H and O–H groups in total. The smallest absolute Gasteiger partial charge is 0.433 e. The summed E-state index contributed by atoms with van der Waals surface area (Å²) in [6, 6.07) is 7.18. The monoisotopic (exact) mass is 339 g/mol. The summed E-state index contributed by atoms with van der Waals surface area (Å²) in [5.74, 6) is -0.866. The van der Waals surface area contributed by atoms with Crippen LogP contribution in [0.5, 0.6) is 0 Å². The molecule has 0 bridgehead atoms. The van der Waals surface area contributed by atoms with E-state index in [4.69, 9.17) is 0 Å². The van der Waals surface area contributed by atoms with Crippen molar-refractivity contribution in [1.82, 2.24) is 9.97 Å². The summed E-state index contributed by atoms with van der Waals surface area (Å²) >= 11 is 0. The van der Waals surface area contributed by atoms with Gasteiger partial charge in [-0.15, -0.1) is 0 Å². The lowest BCUT2D eigenvalue weighted by Gasteiger charge is -2.21. The van der Waals surface area contributed by atoms with Crippen LogP contribution in [0.25, 0.3) is 0 Å². The van der Waals surface area contributed by atoms with Crippen molar-refractivity contribution in [2.75, 3.05) is 19.1 Å². The molecule has 0 atom stereocenters. The van der Waals surface area contributed by atoms with Crippen molar-refractivity contribution >= 4 is 11.8 Å². The molecular weight excluding hydrogens is 323 g/mol. The van der Waals surface area contributed by atoms with Crippen molar-refractivity contribution in [3.05, 3.63) is 53.0 Å². The van der Waals surface area contributed by atoms with Crippen LogP contribution in [-0.4, -0.2) is 30.1 Å². The van der Waals surface area contributed by atoms with E-state index in [1.54, 1.807) is 19.2 Å². The lowest BCUT2D eigenvalue weighted by atomic mass is 10.2. The van der Waals surface area contributed by atoms with Gasteiger partial charge in [0.25, 0.3) is 0 Å². The van der Waals surface area contributed by atoms with E-state index in [-0.39, 0.29) is 17.9 Å².